The summed E-state index contributed by atoms with van der Waals surface area (Å²) in [6.07, 6.45) is 2.69. The molecular weight excluding hydrogens is 318 g/mol. The highest BCUT2D eigenvalue weighted by Gasteiger charge is 2.28. The molecule has 0 aliphatic carbocycles. The maximum Gasteiger partial charge on any atom is 0.230 e. The minimum atomic E-state index is -0.253. The van der Waals surface area contributed by atoms with Crippen molar-refractivity contribution < 1.29 is 14.1 Å². The van der Waals surface area contributed by atoms with Crippen LogP contribution in [-0.2, 0) is 22.6 Å². The second kappa shape index (κ2) is 9.74. The molecule has 0 saturated carbocycles. The van der Waals surface area contributed by atoms with Gasteiger partial charge in [-0.05, 0) is 32.4 Å². The van der Waals surface area contributed by atoms with E-state index in [2.05, 4.69) is 22.6 Å². The van der Waals surface area contributed by atoms with Crippen LogP contribution in [0.3, 0.4) is 0 Å². The largest absolute Gasteiger partial charge is 0.361 e. The van der Waals surface area contributed by atoms with Crippen LogP contribution in [-0.4, -0.2) is 41.9 Å². The third-order valence-electron chi connectivity index (χ3n) is 4.00. The Morgan fingerprint density at radius 2 is 2.16 bits per heavy atom. The number of hydrogen-bond donors (Lipinski definition) is 1. The number of likely N-dealkylation sites (tertiary alicyclic amines) is 1. The van der Waals surface area contributed by atoms with Gasteiger partial charge in [0.2, 0.25) is 5.91 Å². The molecule has 0 bridgehead atoms. The number of aldehydes is 1. The molecule has 3 rings (SSSR count). The molecule has 1 N–H and O–H groups in total. The molecule has 1 saturated heterocycles. The van der Waals surface area contributed by atoms with E-state index in [-0.39, 0.29) is 18.4 Å². The number of nitrogens with zero attached hydrogens (tertiary/aromatic N) is 2. The van der Waals surface area contributed by atoms with Crippen molar-refractivity contribution in [2.24, 2.45) is 0 Å². The number of aryl methyl sites for hydroxylation is 1. The predicted octanol–water partition coefficient (Wildman–Crippen LogP) is 2.12. The topological polar surface area (TPSA) is 75.4 Å². The van der Waals surface area contributed by atoms with Crippen LogP contribution in [0.5, 0.6) is 0 Å². The van der Waals surface area contributed by atoms with Crippen molar-refractivity contribution in [1.29, 1.82) is 0 Å². The molecule has 0 radical (unpaired) electrons. The van der Waals surface area contributed by atoms with Gasteiger partial charge in [-0.15, -0.1) is 0 Å². The van der Waals surface area contributed by atoms with Crippen molar-refractivity contribution in [3.8, 4) is 0 Å². The zero-order valence-corrected chi connectivity index (χ0v) is 14.8. The Morgan fingerprint density at radius 3 is 2.76 bits per heavy atom. The van der Waals surface area contributed by atoms with Crippen LogP contribution in [0.4, 0.5) is 0 Å². The second-order valence-electron chi connectivity index (χ2n) is 6.06. The monoisotopic (exact) mass is 343 g/mol. The number of rotatable bonds is 5. The van der Waals surface area contributed by atoms with Gasteiger partial charge >= 0.3 is 0 Å². The maximum absolute atomic E-state index is 11.9. The molecule has 2 heterocycles. The summed E-state index contributed by atoms with van der Waals surface area (Å²) in [5, 5.41) is 6.80. The molecule has 25 heavy (non-hydrogen) atoms. The van der Waals surface area contributed by atoms with Crippen molar-refractivity contribution in [3.63, 3.8) is 0 Å². The first-order valence-electron chi connectivity index (χ1n) is 8.49. The van der Waals surface area contributed by atoms with Crippen LogP contribution < -0.4 is 5.32 Å². The van der Waals surface area contributed by atoms with Gasteiger partial charge < -0.3 is 19.5 Å². The maximum atomic E-state index is 11.9. The molecule has 1 atom stereocenters. The zero-order valence-electron chi connectivity index (χ0n) is 14.8. The van der Waals surface area contributed by atoms with Crippen LogP contribution in [0.15, 0.2) is 40.9 Å². The highest BCUT2D eigenvalue weighted by molar-refractivity contribution is 5.81. The normalized spacial score (nSPS) is 16.2. The molecule has 1 aliphatic heterocycles. The second-order valence-corrected chi connectivity index (χ2v) is 6.06. The lowest BCUT2D eigenvalue weighted by Gasteiger charge is -2.19. The fraction of sp³-hybridized carbons (Fsp3) is 0.421. The molecule has 1 aromatic carbocycles. The molecule has 2 aromatic rings. The van der Waals surface area contributed by atoms with E-state index in [1.807, 2.05) is 32.2 Å². The predicted molar refractivity (Wildman–Crippen MR) is 94.9 cm³/mol. The van der Waals surface area contributed by atoms with E-state index in [0.717, 1.165) is 31.4 Å². The van der Waals surface area contributed by atoms with Gasteiger partial charge in [-0.2, -0.15) is 0 Å². The summed E-state index contributed by atoms with van der Waals surface area (Å²) < 4.78 is 4.98. The zero-order chi connectivity index (χ0) is 18.1. The number of benzene rings is 1. The van der Waals surface area contributed by atoms with Crippen LogP contribution in [0.2, 0.25) is 0 Å². The molecule has 6 nitrogen and oxygen atoms in total. The third kappa shape index (κ3) is 5.83. The summed E-state index contributed by atoms with van der Waals surface area (Å²) >= 11 is 0. The van der Waals surface area contributed by atoms with Gasteiger partial charge in [0, 0.05) is 19.2 Å². The van der Waals surface area contributed by atoms with Crippen molar-refractivity contribution in [1.82, 2.24) is 15.4 Å². The third-order valence-corrected chi connectivity index (χ3v) is 4.00. The summed E-state index contributed by atoms with van der Waals surface area (Å²) in [6, 6.07) is 11.8. The van der Waals surface area contributed by atoms with Crippen LogP contribution in [0.1, 0.15) is 29.9 Å². The first-order chi connectivity index (χ1) is 12.1. The van der Waals surface area contributed by atoms with Crippen LogP contribution >= 0.6 is 0 Å². The number of carbonyl (C=O) groups is 2. The average molecular weight is 343 g/mol. The highest BCUT2D eigenvalue weighted by Crippen LogP contribution is 2.17. The Hall–Kier alpha value is -2.47. The van der Waals surface area contributed by atoms with Crippen LogP contribution in [0.25, 0.3) is 0 Å². The van der Waals surface area contributed by atoms with Gasteiger partial charge in [-0.25, -0.2) is 0 Å². The van der Waals surface area contributed by atoms with Crippen molar-refractivity contribution >= 4 is 12.2 Å². The molecular formula is C19H25N3O3. The Labute approximate surface area is 148 Å². The fourth-order valence-electron chi connectivity index (χ4n) is 2.79. The number of nitrogens with one attached hydrogen (secondary N) is 1. The minimum absolute atomic E-state index is 0.0641. The molecule has 1 aromatic heterocycles. The Morgan fingerprint density at radius 1 is 1.40 bits per heavy atom. The summed E-state index contributed by atoms with van der Waals surface area (Å²) in [5.41, 5.74) is 2.09. The minimum Gasteiger partial charge on any atom is -0.361 e. The molecule has 1 fully saturated rings. The lowest BCUT2D eigenvalue weighted by atomic mass is 10.2. The van der Waals surface area contributed by atoms with E-state index < -0.39 is 0 Å². The quantitative estimate of drug-likeness (QED) is 0.842. The standard InChI is InChI=1S/C11H14N2O3.C8H11N/c1-8-5-10(16-12-8)6-11(15)13-4-2-3-9(13)7-14;1-9-7-8-5-3-2-4-6-8/h5,7,9H,2-4,6H2,1H3;2-6,9H,7H2,1H3. The smallest absolute Gasteiger partial charge is 0.230 e. The van der Waals surface area contributed by atoms with E-state index in [1.54, 1.807) is 11.0 Å². The first kappa shape index (κ1) is 18.9. The number of hydrogen-bond acceptors (Lipinski definition) is 5. The van der Waals surface area contributed by atoms with Gasteiger partial charge in [0.15, 0.2) is 0 Å². The summed E-state index contributed by atoms with van der Waals surface area (Å²) in [5.74, 6) is 0.491. The Balaban J connectivity index is 0.000000212. The highest BCUT2D eigenvalue weighted by atomic mass is 16.5. The summed E-state index contributed by atoms with van der Waals surface area (Å²) in [6.45, 7) is 3.43. The van der Waals surface area contributed by atoms with Gasteiger partial charge in [-0.1, -0.05) is 35.5 Å². The summed E-state index contributed by atoms with van der Waals surface area (Å²) in [4.78, 5) is 24.2. The van der Waals surface area contributed by atoms with E-state index in [4.69, 9.17) is 4.52 Å². The van der Waals surface area contributed by atoms with Gasteiger partial charge in [0.05, 0.1) is 18.2 Å². The van der Waals surface area contributed by atoms with E-state index in [0.29, 0.717) is 12.3 Å². The van der Waals surface area contributed by atoms with Gasteiger partial charge in [-0.3, -0.25) is 4.79 Å². The molecule has 0 spiro atoms. The van der Waals surface area contributed by atoms with E-state index in [1.165, 1.54) is 5.56 Å². The van der Waals surface area contributed by atoms with Crippen LogP contribution in [0, 0.1) is 6.92 Å². The van der Waals surface area contributed by atoms with Gasteiger partial charge in [0.1, 0.15) is 12.0 Å². The molecule has 1 unspecified atom stereocenters. The summed E-state index contributed by atoms with van der Waals surface area (Å²) in [7, 11) is 1.95. The average Bonchev–Trinajstić information content (AvgIpc) is 3.25. The Kier molecular flexibility index (Phi) is 7.35. The number of carbonyl (C=O) groups excluding carboxylic acids is 2. The number of amides is 1. The molecule has 1 amide bonds. The van der Waals surface area contributed by atoms with Crippen molar-refractivity contribution in [2.45, 2.75) is 38.8 Å². The lowest BCUT2D eigenvalue weighted by molar-refractivity contribution is -0.134. The lowest BCUT2D eigenvalue weighted by Crippen LogP contribution is -2.37. The van der Waals surface area contributed by atoms with E-state index >= 15 is 0 Å². The molecule has 1 aliphatic rings. The molecule has 6 heteroatoms. The fourth-order valence-corrected chi connectivity index (χ4v) is 2.79. The number of aromatic nitrogens is 1. The van der Waals surface area contributed by atoms with Gasteiger partial charge in [0.25, 0.3) is 0 Å². The van der Waals surface area contributed by atoms with E-state index in [9.17, 15) is 9.59 Å². The Bertz CT molecular complexity index is 670. The molecule has 134 valence electrons. The first-order valence-corrected chi connectivity index (χ1v) is 8.49. The van der Waals surface area contributed by atoms with Crippen molar-refractivity contribution in [2.75, 3.05) is 13.6 Å². The van der Waals surface area contributed by atoms with Crippen molar-refractivity contribution in [3.05, 3.63) is 53.4 Å². The SMILES string of the molecule is CNCc1ccccc1.Cc1cc(CC(=O)N2CCCC2C=O)on1.